The smallest absolute Gasteiger partial charge is 0.387 e. The molecule has 1 rings (SSSR count). The van der Waals surface area contributed by atoms with Crippen LogP contribution < -0.4 is 10.5 Å². The third-order valence-corrected chi connectivity index (χ3v) is 2.66. The third kappa shape index (κ3) is 2.70. The second-order valence-electron chi connectivity index (χ2n) is 4.42. The Morgan fingerprint density at radius 2 is 2.00 bits per heavy atom. The van der Waals surface area contributed by atoms with Gasteiger partial charge in [0.05, 0.1) is 0 Å². The van der Waals surface area contributed by atoms with E-state index in [4.69, 9.17) is 5.73 Å². The molecule has 0 spiro atoms. The van der Waals surface area contributed by atoms with E-state index in [1.54, 1.807) is 19.1 Å². The van der Waals surface area contributed by atoms with Crippen LogP contribution in [0.1, 0.15) is 25.0 Å². The maximum absolute atomic E-state index is 12.3. The Bertz CT molecular complexity index is 364. The van der Waals surface area contributed by atoms with Gasteiger partial charge in [0.2, 0.25) is 0 Å². The van der Waals surface area contributed by atoms with Gasteiger partial charge in [-0.3, -0.25) is 0 Å². The molecule has 0 saturated heterocycles. The monoisotopic (exact) mass is 229 g/mol. The Kier molecular flexibility index (Phi) is 3.86. The van der Waals surface area contributed by atoms with Crippen LogP contribution in [-0.2, 0) is 5.41 Å². The summed E-state index contributed by atoms with van der Waals surface area (Å²) in [6.45, 7) is 3.11. The molecule has 0 aliphatic heterocycles. The van der Waals surface area contributed by atoms with E-state index in [-0.39, 0.29) is 11.2 Å². The number of ether oxygens (including phenoxy) is 1. The first kappa shape index (κ1) is 12.9. The molecule has 16 heavy (non-hydrogen) atoms. The standard InChI is InChI=1S/C12H17F2NO/c1-8-5-4-6-9(12(2,3)7-15)10(8)16-11(13)14/h4-6,11H,7,15H2,1-3H3. The average molecular weight is 229 g/mol. The summed E-state index contributed by atoms with van der Waals surface area (Å²) in [4.78, 5) is 0. The predicted molar refractivity (Wildman–Crippen MR) is 59.9 cm³/mol. The summed E-state index contributed by atoms with van der Waals surface area (Å²) in [5, 5.41) is 0. The van der Waals surface area contributed by atoms with Crippen molar-refractivity contribution in [3.05, 3.63) is 29.3 Å². The zero-order valence-electron chi connectivity index (χ0n) is 9.76. The van der Waals surface area contributed by atoms with Crippen molar-refractivity contribution in [3.8, 4) is 5.75 Å². The Labute approximate surface area is 94.4 Å². The lowest BCUT2D eigenvalue weighted by atomic mass is 9.83. The number of para-hydroxylation sites is 1. The van der Waals surface area contributed by atoms with Gasteiger partial charge < -0.3 is 10.5 Å². The van der Waals surface area contributed by atoms with Gasteiger partial charge in [0.25, 0.3) is 0 Å². The highest BCUT2D eigenvalue weighted by Crippen LogP contribution is 2.34. The number of aryl methyl sites for hydroxylation is 1. The van der Waals surface area contributed by atoms with E-state index in [2.05, 4.69) is 4.74 Å². The molecular formula is C12H17F2NO. The molecule has 0 heterocycles. The van der Waals surface area contributed by atoms with Gasteiger partial charge in [-0.1, -0.05) is 32.0 Å². The summed E-state index contributed by atoms with van der Waals surface area (Å²) in [6.07, 6.45) is 0. The molecule has 1 aromatic rings. The fourth-order valence-electron chi connectivity index (χ4n) is 1.54. The number of hydrogen-bond donors (Lipinski definition) is 1. The molecule has 2 N–H and O–H groups in total. The first-order valence-electron chi connectivity index (χ1n) is 5.13. The molecule has 0 aliphatic carbocycles. The van der Waals surface area contributed by atoms with Crippen molar-refractivity contribution in [2.45, 2.75) is 32.8 Å². The highest BCUT2D eigenvalue weighted by molar-refractivity contribution is 5.45. The average Bonchev–Trinajstić information content (AvgIpc) is 2.20. The van der Waals surface area contributed by atoms with Gasteiger partial charge in [0.15, 0.2) is 0 Å². The number of alkyl halides is 2. The first-order chi connectivity index (χ1) is 7.38. The first-order valence-corrected chi connectivity index (χ1v) is 5.13. The Balaban J connectivity index is 3.22. The van der Waals surface area contributed by atoms with Crippen molar-refractivity contribution < 1.29 is 13.5 Å². The van der Waals surface area contributed by atoms with Crippen LogP contribution >= 0.6 is 0 Å². The Morgan fingerprint density at radius 3 is 2.50 bits per heavy atom. The van der Waals surface area contributed by atoms with Crippen LogP contribution in [0, 0.1) is 6.92 Å². The molecule has 0 unspecified atom stereocenters. The molecular weight excluding hydrogens is 212 g/mol. The number of halogens is 2. The zero-order chi connectivity index (χ0) is 12.3. The largest absolute Gasteiger partial charge is 0.434 e. The second-order valence-corrected chi connectivity index (χ2v) is 4.42. The lowest BCUT2D eigenvalue weighted by Crippen LogP contribution is -2.29. The van der Waals surface area contributed by atoms with Crippen LogP contribution in [0.4, 0.5) is 8.78 Å². The fourth-order valence-corrected chi connectivity index (χ4v) is 1.54. The number of nitrogens with two attached hydrogens (primary N) is 1. The minimum atomic E-state index is -2.81. The highest BCUT2D eigenvalue weighted by Gasteiger charge is 2.25. The van der Waals surface area contributed by atoms with Gasteiger partial charge in [-0.05, 0) is 12.5 Å². The van der Waals surface area contributed by atoms with Gasteiger partial charge in [0, 0.05) is 17.5 Å². The molecule has 0 bridgehead atoms. The lowest BCUT2D eigenvalue weighted by Gasteiger charge is -2.26. The molecule has 0 aliphatic rings. The zero-order valence-corrected chi connectivity index (χ0v) is 9.76. The van der Waals surface area contributed by atoms with E-state index in [1.807, 2.05) is 19.9 Å². The van der Waals surface area contributed by atoms with Crippen LogP contribution in [0.3, 0.4) is 0 Å². The van der Waals surface area contributed by atoms with Crippen LogP contribution in [0.5, 0.6) is 5.75 Å². The van der Waals surface area contributed by atoms with Crippen molar-refractivity contribution in [1.82, 2.24) is 0 Å². The molecule has 0 fully saturated rings. The normalized spacial score (nSPS) is 11.9. The van der Waals surface area contributed by atoms with Gasteiger partial charge in [-0.25, -0.2) is 0 Å². The number of rotatable bonds is 4. The van der Waals surface area contributed by atoms with Gasteiger partial charge in [0.1, 0.15) is 5.75 Å². The molecule has 0 aromatic heterocycles. The maximum atomic E-state index is 12.3. The van der Waals surface area contributed by atoms with E-state index in [0.29, 0.717) is 12.1 Å². The maximum Gasteiger partial charge on any atom is 0.387 e. The fraction of sp³-hybridized carbons (Fsp3) is 0.500. The SMILES string of the molecule is Cc1cccc(C(C)(C)CN)c1OC(F)F. The third-order valence-electron chi connectivity index (χ3n) is 2.66. The summed E-state index contributed by atoms with van der Waals surface area (Å²) in [5.74, 6) is 0.243. The quantitative estimate of drug-likeness (QED) is 0.861. The summed E-state index contributed by atoms with van der Waals surface area (Å²) in [6, 6.07) is 5.34. The molecule has 90 valence electrons. The van der Waals surface area contributed by atoms with Gasteiger partial charge in [-0.15, -0.1) is 0 Å². The molecule has 0 amide bonds. The van der Waals surface area contributed by atoms with Crippen molar-refractivity contribution >= 4 is 0 Å². The van der Waals surface area contributed by atoms with Gasteiger partial charge in [-0.2, -0.15) is 8.78 Å². The molecule has 2 nitrogen and oxygen atoms in total. The van der Waals surface area contributed by atoms with Crippen molar-refractivity contribution in [1.29, 1.82) is 0 Å². The van der Waals surface area contributed by atoms with Crippen LogP contribution in [0.2, 0.25) is 0 Å². The molecule has 0 radical (unpaired) electrons. The van der Waals surface area contributed by atoms with Crippen molar-refractivity contribution in [3.63, 3.8) is 0 Å². The van der Waals surface area contributed by atoms with E-state index in [0.717, 1.165) is 5.56 Å². The minimum absolute atomic E-state index is 0.243. The van der Waals surface area contributed by atoms with Gasteiger partial charge >= 0.3 is 6.61 Å². The summed E-state index contributed by atoms with van der Waals surface area (Å²) in [5.41, 5.74) is 6.68. The summed E-state index contributed by atoms with van der Waals surface area (Å²) in [7, 11) is 0. The lowest BCUT2D eigenvalue weighted by molar-refractivity contribution is -0.0513. The predicted octanol–water partition coefficient (Wildman–Crippen LogP) is 2.83. The van der Waals surface area contributed by atoms with Crippen molar-refractivity contribution in [2.24, 2.45) is 5.73 Å². The Hall–Kier alpha value is -1.16. The number of hydrogen-bond acceptors (Lipinski definition) is 2. The summed E-state index contributed by atoms with van der Waals surface area (Å²) >= 11 is 0. The van der Waals surface area contributed by atoms with E-state index >= 15 is 0 Å². The van der Waals surface area contributed by atoms with E-state index < -0.39 is 6.61 Å². The van der Waals surface area contributed by atoms with E-state index in [9.17, 15) is 8.78 Å². The second kappa shape index (κ2) is 4.78. The number of benzene rings is 1. The molecule has 1 aromatic carbocycles. The van der Waals surface area contributed by atoms with Crippen LogP contribution in [0.25, 0.3) is 0 Å². The molecule has 4 heteroatoms. The van der Waals surface area contributed by atoms with E-state index in [1.165, 1.54) is 0 Å². The minimum Gasteiger partial charge on any atom is -0.434 e. The highest BCUT2D eigenvalue weighted by atomic mass is 19.3. The van der Waals surface area contributed by atoms with Crippen LogP contribution in [-0.4, -0.2) is 13.2 Å². The van der Waals surface area contributed by atoms with Crippen molar-refractivity contribution in [2.75, 3.05) is 6.54 Å². The van der Waals surface area contributed by atoms with Crippen LogP contribution in [0.15, 0.2) is 18.2 Å². The summed E-state index contributed by atoms with van der Waals surface area (Å²) < 4.78 is 29.2. The Morgan fingerprint density at radius 1 is 1.38 bits per heavy atom. The topological polar surface area (TPSA) is 35.2 Å². The molecule has 0 atom stereocenters. The molecule has 0 saturated carbocycles.